The van der Waals surface area contributed by atoms with E-state index in [4.69, 9.17) is 5.73 Å². The van der Waals surface area contributed by atoms with Crippen LogP contribution in [-0.2, 0) is 6.42 Å². The number of nitrogens with one attached hydrogen (secondary N) is 1. The van der Waals surface area contributed by atoms with Crippen LogP contribution in [-0.4, -0.2) is 27.7 Å². The molecule has 2 aromatic rings. The Kier molecular flexibility index (Phi) is 3.81. The average molecular weight is 247 g/mol. The maximum atomic E-state index is 5.52. The van der Waals surface area contributed by atoms with Gasteiger partial charge in [-0.15, -0.1) is 0 Å². The minimum absolute atomic E-state index is 0.693. The molecule has 0 saturated carbocycles. The lowest BCUT2D eigenvalue weighted by Gasteiger charge is -2.12. The summed E-state index contributed by atoms with van der Waals surface area (Å²) in [5.41, 5.74) is 9.68. The Labute approximate surface area is 107 Å². The Morgan fingerprint density at radius 3 is 2.83 bits per heavy atom. The molecule has 0 aliphatic heterocycles. The lowest BCUT2D eigenvalue weighted by molar-refractivity contribution is 0.834. The second-order valence-electron chi connectivity index (χ2n) is 4.50. The van der Waals surface area contributed by atoms with Crippen LogP contribution >= 0.6 is 0 Å². The van der Waals surface area contributed by atoms with Crippen molar-refractivity contribution in [1.82, 2.24) is 14.6 Å². The number of hydrogen-bond donors (Lipinski definition) is 2. The highest BCUT2D eigenvalue weighted by Gasteiger charge is 2.11. The highest BCUT2D eigenvalue weighted by Crippen LogP contribution is 2.19. The van der Waals surface area contributed by atoms with Crippen molar-refractivity contribution < 1.29 is 0 Å². The van der Waals surface area contributed by atoms with E-state index in [0.29, 0.717) is 6.54 Å². The van der Waals surface area contributed by atoms with Crippen molar-refractivity contribution in [2.75, 3.05) is 18.4 Å². The number of aryl methyl sites for hydroxylation is 2. The van der Waals surface area contributed by atoms with E-state index in [-0.39, 0.29) is 0 Å². The number of nitrogens with two attached hydrogens (primary N) is 1. The van der Waals surface area contributed by atoms with Gasteiger partial charge in [0.25, 0.3) is 0 Å². The fourth-order valence-electron chi connectivity index (χ4n) is 1.94. The molecule has 2 heterocycles. The van der Waals surface area contributed by atoms with Crippen LogP contribution in [0.15, 0.2) is 6.07 Å². The fourth-order valence-corrected chi connectivity index (χ4v) is 1.94. The normalized spacial score (nSPS) is 11.1. The minimum atomic E-state index is 0.693. The predicted molar refractivity (Wildman–Crippen MR) is 74.0 cm³/mol. The van der Waals surface area contributed by atoms with Gasteiger partial charge in [-0.05, 0) is 33.2 Å². The largest absolute Gasteiger partial charge is 0.370 e. The van der Waals surface area contributed by atoms with Crippen LogP contribution in [0.5, 0.6) is 0 Å². The van der Waals surface area contributed by atoms with Crippen molar-refractivity contribution in [3.05, 3.63) is 23.0 Å². The van der Waals surface area contributed by atoms with Crippen molar-refractivity contribution in [1.29, 1.82) is 0 Å². The average Bonchev–Trinajstić information content (AvgIpc) is 2.76. The number of rotatable bonds is 5. The third-order valence-electron chi connectivity index (χ3n) is 3.17. The highest BCUT2D eigenvalue weighted by atomic mass is 15.3. The first-order valence-electron chi connectivity index (χ1n) is 6.47. The summed E-state index contributed by atoms with van der Waals surface area (Å²) in [4.78, 5) is 4.57. The lowest BCUT2D eigenvalue weighted by atomic mass is 10.2. The van der Waals surface area contributed by atoms with Crippen LogP contribution in [0.25, 0.3) is 5.65 Å². The van der Waals surface area contributed by atoms with Crippen LogP contribution in [0.2, 0.25) is 0 Å². The van der Waals surface area contributed by atoms with E-state index in [9.17, 15) is 0 Å². The molecule has 0 unspecified atom stereocenters. The number of aromatic nitrogens is 3. The maximum Gasteiger partial charge on any atom is 0.157 e. The second-order valence-corrected chi connectivity index (χ2v) is 4.50. The Bertz CT molecular complexity index is 544. The Balaban J connectivity index is 2.45. The molecule has 0 aliphatic carbocycles. The first-order chi connectivity index (χ1) is 8.67. The Hall–Kier alpha value is -1.62. The summed E-state index contributed by atoms with van der Waals surface area (Å²) >= 11 is 0. The number of anilines is 1. The predicted octanol–water partition coefficient (Wildman–Crippen LogP) is 1.67. The van der Waals surface area contributed by atoms with Gasteiger partial charge < -0.3 is 11.1 Å². The van der Waals surface area contributed by atoms with E-state index in [1.54, 1.807) is 0 Å². The Morgan fingerprint density at radius 1 is 1.39 bits per heavy atom. The van der Waals surface area contributed by atoms with E-state index in [1.807, 2.05) is 17.5 Å². The summed E-state index contributed by atoms with van der Waals surface area (Å²) in [6.07, 6.45) is 1.87. The summed E-state index contributed by atoms with van der Waals surface area (Å²) < 4.78 is 1.90. The van der Waals surface area contributed by atoms with Crippen LogP contribution in [0.4, 0.5) is 5.82 Å². The third-order valence-corrected chi connectivity index (χ3v) is 3.17. The molecule has 0 bridgehead atoms. The SMILES string of the molecule is CCc1cc2nc(C)c(C)c(NCCCN)n2n1. The zero-order chi connectivity index (χ0) is 13.1. The molecule has 2 rings (SSSR count). The topological polar surface area (TPSA) is 68.2 Å². The second kappa shape index (κ2) is 5.35. The molecule has 0 spiro atoms. The van der Waals surface area contributed by atoms with Gasteiger partial charge in [0.1, 0.15) is 5.82 Å². The zero-order valence-corrected chi connectivity index (χ0v) is 11.3. The Morgan fingerprint density at radius 2 is 2.17 bits per heavy atom. The van der Waals surface area contributed by atoms with Crippen LogP contribution < -0.4 is 11.1 Å². The summed E-state index contributed by atoms with van der Waals surface area (Å²) in [6, 6.07) is 2.04. The zero-order valence-electron chi connectivity index (χ0n) is 11.3. The molecule has 0 aromatic carbocycles. The smallest absolute Gasteiger partial charge is 0.157 e. The van der Waals surface area contributed by atoms with E-state index in [0.717, 1.165) is 47.8 Å². The van der Waals surface area contributed by atoms with Crippen molar-refractivity contribution >= 4 is 11.5 Å². The number of nitrogens with zero attached hydrogens (tertiary/aromatic N) is 3. The van der Waals surface area contributed by atoms with Crippen molar-refractivity contribution in [2.45, 2.75) is 33.6 Å². The molecule has 3 N–H and O–H groups in total. The first kappa shape index (κ1) is 12.8. The molecule has 0 atom stereocenters. The van der Waals surface area contributed by atoms with Crippen LogP contribution in [0, 0.1) is 13.8 Å². The van der Waals surface area contributed by atoms with E-state index < -0.39 is 0 Å². The van der Waals surface area contributed by atoms with Gasteiger partial charge in [0.05, 0.1) is 5.69 Å². The molecule has 0 fully saturated rings. The van der Waals surface area contributed by atoms with E-state index >= 15 is 0 Å². The van der Waals surface area contributed by atoms with Gasteiger partial charge in [0, 0.05) is 23.9 Å². The molecule has 98 valence electrons. The summed E-state index contributed by atoms with van der Waals surface area (Å²) in [5, 5.41) is 7.99. The number of hydrogen-bond acceptors (Lipinski definition) is 4. The molecule has 5 heteroatoms. The summed E-state index contributed by atoms with van der Waals surface area (Å²) in [5.74, 6) is 1.03. The number of fused-ring (bicyclic) bond motifs is 1. The minimum Gasteiger partial charge on any atom is -0.370 e. The standard InChI is InChI=1S/C13H21N5/c1-4-11-8-12-16-10(3)9(2)13(18(12)17-11)15-7-5-6-14/h8,15H,4-7,14H2,1-3H3. The van der Waals surface area contributed by atoms with Crippen LogP contribution in [0.1, 0.15) is 30.3 Å². The van der Waals surface area contributed by atoms with Gasteiger partial charge >= 0.3 is 0 Å². The molecule has 5 nitrogen and oxygen atoms in total. The lowest BCUT2D eigenvalue weighted by Crippen LogP contribution is -2.13. The molecule has 0 radical (unpaired) electrons. The quantitative estimate of drug-likeness (QED) is 0.789. The van der Waals surface area contributed by atoms with E-state index in [1.165, 1.54) is 0 Å². The first-order valence-corrected chi connectivity index (χ1v) is 6.47. The van der Waals surface area contributed by atoms with Gasteiger partial charge in [-0.25, -0.2) is 4.98 Å². The van der Waals surface area contributed by atoms with Crippen molar-refractivity contribution in [3.63, 3.8) is 0 Å². The molecule has 0 amide bonds. The van der Waals surface area contributed by atoms with Crippen molar-refractivity contribution in [3.8, 4) is 0 Å². The van der Waals surface area contributed by atoms with Crippen LogP contribution in [0.3, 0.4) is 0 Å². The molecular formula is C13H21N5. The van der Waals surface area contributed by atoms with Gasteiger partial charge in [0.15, 0.2) is 5.65 Å². The molecule has 18 heavy (non-hydrogen) atoms. The fraction of sp³-hybridized carbons (Fsp3) is 0.538. The third kappa shape index (κ3) is 2.31. The van der Waals surface area contributed by atoms with Gasteiger partial charge in [-0.2, -0.15) is 9.61 Å². The molecule has 0 aliphatic rings. The van der Waals surface area contributed by atoms with Gasteiger partial charge in [-0.3, -0.25) is 0 Å². The van der Waals surface area contributed by atoms with Crippen molar-refractivity contribution in [2.24, 2.45) is 5.73 Å². The highest BCUT2D eigenvalue weighted by molar-refractivity contribution is 5.55. The van der Waals surface area contributed by atoms with E-state index in [2.05, 4.69) is 29.2 Å². The van der Waals surface area contributed by atoms with Gasteiger partial charge in [0.2, 0.25) is 0 Å². The summed E-state index contributed by atoms with van der Waals surface area (Å²) in [6.45, 7) is 7.75. The molecule has 2 aromatic heterocycles. The van der Waals surface area contributed by atoms with Gasteiger partial charge in [-0.1, -0.05) is 6.92 Å². The monoisotopic (exact) mass is 247 g/mol. The maximum absolute atomic E-state index is 5.52. The molecule has 0 saturated heterocycles. The molecular weight excluding hydrogens is 226 g/mol. The summed E-state index contributed by atoms with van der Waals surface area (Å²) in [7, 11) is 0.